The summed E-state index contributed by atoms with van der Waals surface area (Å²) in [6.45, 7) is 6.01. The van der Waals surface area contributed by atoms with Crippen LogP contribution >= 0.6 is 0 Å². The molecule has 4 nitrogen and oxygen atoms in total. The maximum atomic E-state index is 13.2. The van der Waals surface area contributed by atoms with Gasteiger partial charge in [0.15, 0.2) is 0 Å². The maximum absolute atomic E-state index is 13.2. The molecule has 2 aromatic carbocycles. The van der Waals surface area contributed by atoms with E-state index in [0.717, 1.165) is 19.6 Å². The Bertz CT molecular complexity index is 694. The molecule has 1 aliphatic rings. The first-order chi connectivity index (χ1) is 11.6. The number of carbonyl (C=O) groups excluding carboxylic acids is 1. The fourth-order valence-corrected chi connectivity index (χ4v) is 2.83. The summed E-state index contributed by atoms with van der Waals surface area (Å²) in [5, 5.41) is 2.75. The zero-order valence-corrected chi connectivity index (χ0v) is 13.8. The van der Waals surface area contributed by atoms with E-state index < -0.39 is 0 Å². The van der Waals surface area contributed by atoms with Crippen molar-refractivity contribution in [2.75, 3.05) is 31.5 Å². The Morgan fingerprint density at radius 3 is 2.46 bits per heavy atom. The average Bonchev–Trinajstić information content (AvgIpc) is 2.57. The summed E-state index contributed by atoms with van der Waals surface area (Å²) in [4.78, 5) is 16.4. The Balaban J connectivity index is 1.49. The van der Waals surface area contributed by atoms with Crippen molar-refractivity contribution in [3.05, 3.63) is 65.5 Å². The van der Waals surface area contributed by atoms with Gasteiger partial charge in [0.2, 0.25) is 0 Å². The second-order valence-electron chi connectivity index (χ2n) is 6.19. The van der Waals surface area contributed by atoms with Crippen LogP contribution in [0.25, 0.3) is 0 Å². The molecule has 0 atom stereocenters. The van der Waals surface area contributed by atoms with E-state index in [1.165, 1.54) is 23.3 Å². The Labute approximate surface area is 141 Å². The van der Waals surface area contributed by atoms with Gasteiger partial charge in [-0.1, -0.05) is 35.9 Å². The van der Waals surface area contributed by atoms with E-state index >= 15 is 0 Å². The molecule has 1 aliphatic heterocycles. The zero-order chi connectivity index (χ0) is 16.9. The van der Waals surface area contributed by atoms with Crippen molar-refractivity contribution in [1.29, 1.82) is 0 Å². The molecule has 0 aliphatic carbocycles. The van der Waals surface area contributed by atoms with E-state index in [2.05, 4.69) is 41.4 Å². The lowest BCUT2D eigenvalue weighted by Crippen LogP contribution is -2.49. The van der Waals surface area contributed by atoms with E-state index in [0.29, 0.717) is 18.8 Å². The third kappa shape index (κ3) is 4.32. The number of hydrogen-bond donors (Lipinski definition) is 1. The fraction of sp³-hybridized carbons (Fsp3) is 0.316. The molecule has 0 bridgehead atoms. The number of nitrogens with one attached hydrogen (secondary N) is 1. The van der Waals surface area contributed by atoms with E-state index in [4.69, 9.17) is 0 Å². The number of urea groups is 1. The molecule has 2 amide bonds. The standard InChI is InChI=1S/C19H22FN3O/c1-15-5-7-16(8-6-15)14-22-9-11-23(12-10-22)19(24)21-18-4-2-3-17(20)13-18/h2-8,13H,9-12,14H2,1H3,(H,21,24). The quantitative estimate of drug-likeness (QED) is 0.937. The normalized spacial score (nSPS) is 15.3. The molecule has 1 heterocycles. The van der Waals surface area contributed by atoms with Gasteiger partial charge in [-0.2, -0.15) is 0 Å². The Morgan fingerprint density at radius 1 is 1.08 bits per heavy atom. The number of halogens is 1. The van der Waals surface area contributed by atoms with Crippen LogP contribution in [0.1, 0.15) is 11.1 Å². The number of rotatable bonds is 3. The predicted octanol–water partition coefficient (Wildman–Crippen LogP) is 3.48. The van der Waals surface area contributed by atoms with Crippen molar-refractivity contribution >= 4 is 11.7 Å². The minimum Gasteiger partial charge on any atom is -0.322 e. The number of nitrogens with zero attached hydrogens (tertiary/aromatic N) is 2. The van der Waals surface area contributed by atoms with Gasteiger partial charge in [-0.25, -0.2) is 9.18 Å². The van der Waals surface area contributed by atoms with Gasteiger partial charge in [0, 0.05) is 38.4 Å². The Kier molecular flexibility index (Phi) is 5.11. The summed E-state index contributed by atoms with van der Waals surface area (Å²) in [6.07, 6.45) is 0. The van der Waals surface area contributed by atoms with E-state index in [9.17, 15) is 9.18 Å². The smallest absolute Gasteiger partial charge is 0.321 e. The number of piperazine rings is 1. The number of amides is 2. The van der Waals surface area contributed by atoms with E-state index in [-0.39, 0.29) is 11.8 Å². The third-order valence-corrected chi connectivity index (χ3v) is 4.26. The van der Waals surface area contributed by atoms with Crippen LogP contribution in [0.3, 0.4) is 0 Å². The SMILES string of the molecule is Cc1ccc(CN2CCN(C(=O)Nc3cccc(F)c3)CC2)cc1. The van der Waals surface area contributed by atoms with Crippen molar-refractivity contribution in [3.63, 3.8) is 0 Å². The largest absolute Gasteiger partial charge is 0.322 e. The molecule has 0 unspecified atom stereocenters. The van der Waals surface area contributed by atoms with Crippen molar-refractivity contribution in [2.45, 2.75) is 13.5 Å². The van der Waals surface area contributed by atoms with Gasteiger partial charge in [0.1, 0.15) is 5.82 Å². The minimum atomic E-state index is -0.351. The number of aryl methyl sites for hydroxylation is 1. The van der Waals surface area contributed by atoms with E-state index in [1.807, 2.05) is 0 Å². The summed E-state index contributed by atoms with van der Waals surface area (Å²) < 4.78 is 13.2. The predicted molar refractivity (Wildman–Crippen MR) is 93.4 cm³/mol. The van der Waals surface area contributed by atoms with Crippen molar-refractivity contribution < 1.29 is 9.18 Å². The molecule has 126 valence electrons. The molecule has 24 heavy (non-hydrogen) atoms. The number of hydrogen-bond acceptors (Lipinski definition) is 2. The van der Waals surface area contributed by atoms with Crippen LogP contribution in [-0.4, -0.2) is 42.0 Å². The molecular formula is C19H22FN3O. The van der Waals surface area contributed by atoms with Crippen molar-refractivity contribution in [1.82, 2.24) is 9.80 Å². The lowest BCUT2D eigenvalue weighted by molar-refractivity contribution is 0.143. The highest BCUT2D eigenvalue weighted by Crippen LogP contribution is 2.13. The van der Waals surface area contributed by atoms with Gasteiger partial charge in [0.05, 0.1) is 0 Å². The second-order valence-corrected chi connectivity index (χ2v) is 6.19. The monoisotopic (exact) mass is 327 g/mol. The minimum absolute atomic E-state index is 0.171. The highest BCUT2D eigenvalue weighted by molar-refractivity contribution is 5.89. The summed E-state index contributed by atoms with van der Waals surface area (Å²) >= 11 is 0. The molecule has 2 aromatic rings. The average molecular weight is 327 g/mol. The van der Waals surface area contributed by atoms with Gasteiger partial charge < -0.3 is 10.2 Å². The zero-order valence-electron chi connectivity index (χ0n) is 13.8. The topological polar surface area (TPSA) is 35.6 Å². The van der Waals surface area contributed by atoms with Crippen molar-refractivity contribution in [2.24, 2.45) is 0 Å². The molecular weight excluding hydrogens is 305 g/mol. The molecule has 1 saturated heterocycles. The lowest BCUT2D eigenvalue weighted by atomic mass is 10.1. The highest BCUT2D eigenvalue weighted by Gasteiger charge is 2.21. The molecule has 0 spiro atoms. The Hall–Kier alpha value is -2.40. The molecule has 3 rings (SSSR count). The lowest BCUT2D eigenvalue weighted by Gasteiger charge is -2.34. The van der Waals surface area contributed by atoms with Crippen LogP contribution in [0.15, 0.2) is 48.5 Å². The second kappa shape index (κ2) is 7.45. The molecule has 0 radical (unpaired) electrons. The summed E-state index contributed by atoms with van der Waals surface area (Å²) in [7, 11) is 0. The fourth-order valence-electron chi connectivity index (χ4n) is 2.83. The summed E-state index contributed by atoms with van der Waals surface area (Å²) in [6, 6.07) is 14.3. The van der Waals surface area contributed by atoms with Crippen LogP contribution in [0.4, 0.5) is 14.9 Å². The van der Waals surface area contributed by atoms with Gasteiger partial charge >= 0.3 is 6.03 Å². The molecule has 1 N–H and O–H groups in total. The number of anilines is 1. The number of benzene rings is 2. The van der Waals surface area contributed by atoms with Gasteiger partial charge in [-0.3, -0.25) is 4.90 Å². The maximum Gasteiger partial charge on any atom is 0.321 e. The van der Waals surface area contributed by atoms with Crippen LogP contribution in [0, 0.1) is 12.7 Å². The third-order valence-electron chi connectivity index (χ3n) is 4.26. The van der Waals surface area contributed by atoms with Crippen molar-refractivity contribution in [3.8, 4) is 0 Å². The molecule has 0 saturated carbocycles. The van der Waals surface area contributed by atoms with E-state index in [1.54, 1.807) is 17.0 Å². The first kappa shape index (κ1) is 16.5. The van der Waals surface area contributed by atoms with Crippen LogP contribution in [0.2, 0.25) is 0 Å². The first-order valence-electron chi connectivity index (χ1n) is 8.19. The summed E-state index contributed by atoms with van der Waals surface area (Å²) in [5.41, 5.74) is 3.04. The van der Waals surface area contributed by atoms with Gasteiger partial charge in [0.25, 0.3) is 0 Å². The molecule has 1 fully saturated rings. The molecule has 5 heteroatoms. The first-order valence-corrected chi connectivity index (χ1v) is 8.19. The number of carbonyl (C=O) groups is 1. The van der Waals surface area contributed by atoms with Gasteiger partial charge in [-0.05, 0) is 30.7 Å². The highest BCUT2D eigenvalue weighted by atomic mass is 19.1. The molecule has 0 aromatic heterocycles. The van der Waals surface area contributed by atoms with Crippen LogP contribution in [-0.2, 0) is 6.54 Å². The summed E-state index contributed by atoms with van der Waals surface area (Å²) in [5.74, 6) is -0.351. The van der Waals surface area contributed by atoms with Crippen LogP contribution in [0.5, 0.6) is 0 Å². The van der Waals surface area contributed by atoms with Crippen LogP contribution < -0.4 is 5.32 Å². The van der Waals surface area contributed by atoms with Gasteiger partial charge in [-0.15, -0.1) is 0 Å². The Morgan fingerprint density at radius 2 is 1.79 bits per heavy atom.